The summed E-state index contributed by atoms with van der Waals surface area (Å²) in [6, 6.07) is 3.64. The molecule has 9 heteroatoms. The molecule has 1 unspecified atom stereocenters. The standard InChI is InChI=1S/C20H24N4O4S/c1-20(9-27-10-20)28-19(26)24-7-13-12(14(13)8-24)2-3-22-18(25)15-4-11-5-17(21)23-6-16(11)29-15/h4-6,12-14H,2-3,7-10H2,1H3,(H2,21,23)(H,22,25)/t12?,13-,14+. The number of rotatable bonds is 5. The van der Waals surface area contributed by atoms with Crippen molar-refractivity contribution in [3.8, 4) is 0 Å². The zero-order valence-corrected chi connectivity index (χ0v) is 17.0. The normalized spacial score (nSPS) is 26.7. The Kier molecular flexibility index (Phi) is 4.40. The van der Waals surface area contributed by atoms with Crippen LogP contribution in [0.15, 0.2) is 18.3 Å². The lowest BCUT2D eigenvalue weighted by molar-refractivity contribution is -0.171. The molecule has 2 aromatic heterocycles. The van der Waals surface area contributed by atoms with Gasteiger partial charge in [0.2, 0.25) is 0 Å². The second kappa shape index (κ2) is 6.84. The number of fused-ring (bicyclic) bond motifs is 2. The fourth-order valence-corrected chi connectivity index (χ4v) is 5.39. The van der Waals surface area contributed by atoms with Gasteiger partial charge in [-0.2, -0.15) is 0 Å². The van der Waals surface area contributed by atoms with E-state index in [9.17, 15) is 9.59 Å². The molecule has 4 heterocycles. The highest BCUT2D eigenvalue weighted by Crippen LogP contribution is 2.53. The van der Waals surface area contributed by atoms with Gasteiger partial charge in [-0.3, -0.25) is 4.79 Å². The third kappa shape index (κ3) is 3.53. The Morgan fingerprint density at radius 1 is 1.38 bits per heavy atom. The number of nitrogens with one attached hydrogen (secondary N) is 1. The van der Waals surface area contributed by atoms with Crippen molar-refractivity contribution >= 4 is 39.2 Å². The average Bonchev–Trinajstić information content (AvgIpc) is 3.02. The number of pyridine rings is 1. The third-order valence-electron chi connectivity index (χ3n) is 6.19. The van der Waals surface area contributed by atoms with Crippen LogP contribution in [-0.4, -0.2) is 60.3 Å². The molecule has 2 aliphatic heterocycles. The number of ether oxygens (including phenoxy) is 2. The maximum absolute atomic E-state index is 12.4. The summed E-state index contributed by atoms with van der Waals surface area (Å²) in [5.41, 5.74) is 5.24. The molecule has 2 aromatic rings. The molecule has 0 bridgehead atoms. The van der Waals surface area contributed by atoms with E-state index in [2.05, 4.69) is 10.3 Å². The molecule has 3 atom stereocenters. The summed E-state index contributed by atoms with van der Waals surface area (Å²) in [5, 5.41) is 3.96. The zero-order valence-electron chi connectivity index (χ0n) is 16.2. The highest BCUT2D eigenvalue weighted by atomic mass is 32.1. The SMILES string of the molecule is CC1(OC(=O)N2C[C@@H]3C(CCNC(=O)c4cc5cc(N)ncc5s4)[C@@H]3C2)COC1. The van der Waals surface area contributed by atoms with Gasteiger partial charge in [0.15, 0.2) is 5.60 Å². The van der Waals surface area contributed by atoms with Crippen molar-refractivity contribution in [3.63, 3.8) is 0 Å². The van der Waals surface area contributed by atoms with Crippen molar-refractivity contribution in [2.24, 2.45) is 17.8 Å². The number of amides is 2. The largest absolute Gasteiger partial charge is 0.438 e. The molecular weight excluding hydrogens is 392 g/mol. The quantitative estimate of drug-likeness (QED) is 0.773. The number of carbonyl (C=O) groups excluding carboxylic acids is 2. The highest BCUT2D eigenvalue weighted by Gasteiger charge is 2.56. The monoisotopic (exact) mass is 416 g/mol. The van der Waals surface area contributed by atoms with E-state index in [1.165, 1.54) is 11.3 Å². The number of thiophene rings is 1. The van der Waals surface area contributed by atoms with E-state index in [1.807, 2.05) is 17.9 Å². The molecule has 29 heavy (non-hydrogen) atoms. The lowest BCUT2D eigenvalue weighted by Crippen LogP contribution is -2.52. The number of nitrogens with zero attached hydrogens (tertiary/aromatic N) is 2. The van der Waals surface area contributed by atoms with Gasteiger partial charge in [0.1, 0.15) is 5.82 Å². The minimum Gasteiger partial charge on any atom is -0.438 e. The zero-order chi connectivity index (χ0) is 20.2. The Labute approximate surface area is 172 Å². The maximum atomic E-state index is 12.4. The summed E-state index contributed by atoms with van der Waals surface area (Å²) in [5.74, 6) is 2.03. The van der Waals surface area contributed by atoms with Crippen molar-refractivity contribution in [3.05, 3.63) is 23.2 Å². The van der Waals surface area contributed by atoms with Crippen LogP contribution in [0.3, 0.4) is 0 Å². The smallest absolute Gasteiger partial charge is 0.410 e. The Balaban J connectivity index is 1.06. The maximum Gasteiger partial charge on any atom is 0.410 e. The first-order valence-electron chi connectivity index (χ1n) is 9.91. The minimum atomic E-state index is -0.456. The van der Waals surface area contributed by atoms with Gasteiger partial charge >= 0.3 is 6.09 Å². The number of hydrogen-bond acceptors (Lipinski definition) is 7. The van der Waals surface area contributed by atoms with Crippen molar-refractivity contribution in [1.82, 2.24) is 15.2 Å². The van der Waals surface area contributed by atoms with Crippen LogP contribution in [-0.2, 0) is 9.47 Å². The molecule has 3 fully saturated rings. The van der Waals surface area contributed by atoms with Crippen molar-refractivity contribution < 1.29 is 19.1 Å². The van der Waals surface area contributed by atoms with Crippen LogP contribution in [0.5, 0.6) is 0 Å². The molecule has 1 aliphatic carbocycles. The van der Waals surface area contributed by atoms with Crippen molar-refractivity contribution in [2.45, 2.75) is 18.9 Å². The van der Waals surface area contributed by atoms with Gasteiger partial charge in [-0.1, -0.05) is 0 Å². The molecular formula is C20H24N4O4S. The van der Waals surface area contributed by atoms with E-state index < -0.39 is 5.60 Å². The number of nitrogen functional groups attached to an aromatic ring is 1. The van der Waals surface area contributed by atoms with Crippen LogP contribution in [0.2, 0.25) is 0 Å². The van der Waals surface area contributed by atoms with Gasteiger partial charge in [-0.15, -0.1) is 11.3 Å². The molecule has 0 spiro atoms. The Morgan fingerprint density at radius 3 is 2.83 bits per heavy atom. The molecule has 3 aliphatic rings. The minimum absolute atomic E-state index is 0.0586. The molecule has 0 radical (unpaired) electrons. The number of carbonyl (C=O) groups is 2. The number of likely N-dealkylation sites (tertiary alicyclic amines) is 1. The summed E-state index contributed by atoms with van der Waals surface area (Å²) >= 11 is 1.42. The Hall–Kier alpha value is -2.39. The summed E-state index contributed by atoms with van der Waals surface area (Å²) in [6.07, 6.45) is 2.41. The van der Waals surface area contributed by atoms with Crippen molar-refractivity contribution in [1.29, 1.82) is 0 Å². The average molecular weight is 417 g/mol. The second-order valence-corrected chi connectivity index (χ2v) is 9.59. The van der Waals surface area contributed by atoms with Crippen LogP contribution in [0.25, 0.3) is 10.1 Å². The van der Waals surface area contributed by atoms with Crippen LogP contribution in [0, 0.1) is 17.8 Å². The predicted octanol–water partition coefficient (Wildman–Crippen LogP) is 2.10. The summed E-state index contributed by atoms with van der Waals surface area (Å²) in [7, 11) is 0. The van der Waals surface area contributed by atoms with Crippen LogP contribution >= 0.6 is 11.3 Å². The summed E-state index contributed by atoms with van der Waals surface area (Å²) in [4.78, 5) is 31.2. The van der Waals surface area contributed by atoms with Gasteiger partial charge < -0.3 is 25.4 Å². The lowest BCUT2D eigenvalue weighted by atomic mass is 10.1. The van der Waals surface area contributed by atoms with Gasteiger partial charge in [-0.25, -0.2) is 9.78 Å². The lowest BCUT2D eigenvalue weighted by Gasteiger charge is -2.38. The fourth-order valence-electron chi connectivity index (χ4n) is 4.46. The van der Waals surface area contributed by atoms with Crippen LogP contribution < -0.4 is 11.1 Å². The molecule has 1 saturated carbocycles. The van der Waals surface area contributed by atoms with E-state index >= 15 is 0 Å². The topological polar surface area (TPSA) is 107 Å². The Bertz CT molecular complexity index is 961. The van der Waals surface area contributed by atoms with E-state index in [-0.39, 0.29) is 12.0 Å². The van der Waals surface area contributed by atoms with E-state index in [4.69, 9.17) is 15.2 Å². The van der Waals surface area contributed by atoms with Gasteiger partial charge in [-0.05, 0) is 48.6 Å². The van der Waals surface area contributed by atoms with Crippen LogP contribution in [0.4, 0.5) is 10.6 Å². The molecule has 8 nitrogen and oxygen atoms in total. The second-order valence-electron chi connectivity index (χ2n) is 8.51. The molecule has 3 N–H and O–H groups in total. The first kappa shape index (κ1) is 18.6. The van der Waals surface area contributed by atoms with Crippen molar-refractivity contribution in [2.75, 3.05) is 38.6 Å². The third-order valence-corrected chi connectivity index (χ3v) is 7.27. The summed E-state index contributed by atoms with van der Waals surface area (Å²) < 4.78 is 11.6. The molecule has 5 rings (SSSR count). The molecule has 154 valence electrons. The summed E-state index contributed by atoms with van der Waals surface area (Å²) in [6.45, 7) is 5.01. The first-order valence-corrected chi connectivity index (χ1v) is 10.7. The molecule has 0 aromatic carbocycles. The number of nitrogens with two attached hydrogens (primary N) is 1. The number of hydrogen-bond donors (Lipinski definition) is 2. The molecule has 2 amide bonds. The van der Waals surface area contributed by atoms with E-state index in [1.54, 1.807) is 12.3 Å². The van der Waals surface area contributed by atoms with Gasteiger partial charge in [0.25, 0.3) is 5.91 Å². The van der Waals surface area contributed by atoms with E-state index in [0.29, 0.717) is 48.2 Å². The Morgan fingerprint density at radius 2 is 2.14 bits per heavy atom. The molecule has 2 saturated heterocycles. The predicted molar refractivity (Wildman–Crippen MR) is 109 cm³/mol. The van der Waals surface area contributed by atoms with Gasteiger partial charge in [0.05, 0.1) is 22.8 Å². The first-order chi connectivity index (χ1) is 13.9. The van der Waals surface area contributed by atoms with E-state index in [0.717, 1.165) is 29.6 Å². The number of anilines is 1. The number of piperidine rings is 1. The number of aromatic nitrogens is 1. The fraction of sp³-hybridized carbons (Fsp3) is 0.550. The van der Waals surface area contributed by atoms with Gasteiger partial charge in [0, 0.05) is 25.8 Å². The highest BCUT2D eigenvalue weighted by molar-refractivity contribution is 7.20. The van der Waals surface area contributed by atoms with Crippen LogP contribution in [0.1, 0.15) is 23.0 Å².